The first-order valence-corrected chi connectivity index (χ1v) is 8.05. The van der Waals surface area contributed by atoms with Crippen molar-refractivity contribution in [1.29, 1.82) is 0 Å². The molecule has 2 rings (SSSR count). The summed E-state index contributed by atoms with van der Waals surface area (Å²) >= 11 is 3.64. The Morgan fingerprint density at radius 2 is 1.95 bits per heavy atom. The molecule has 0 aliphatic rings. The van der Waals surface area contributed by atoms with Crippen LogP contribution >= 0.6 is 15.9 Å². The average molecular weight is 351 g/mol. The molecule has 0 aliphatic heterocycles. The Labute approximate surface area is 135 Å². The van der Waals surface area contributed by atoms with E-state index in [4.69, 9.17) is 5.73 Å². The molecule has 1 aromatic heterocycles. The second-order valence-corrected chi connectivity index (χ2v) is 6.06. The second kappa shape index (κ2) is 7.73. The van der Waals surface area contributed by atoms with E-state index in [0.717, 1.165) is 36.2 Å². The van der Waals surface area contributed by atoms with Gasteiger partial charge in [0.25, 0.3) is 0 Å². The van der Waals surface area contributed by atoms with Gasteiger partial charge in [-0.2, -0.15) is 5.10 Å². The Hall–Kier alpha value is -1.17. The molecular formula is C16H23BrN4. The molecule has 5 heteroatoms. The summed E-state index contributed by atoms with van der Waals surface area (Å²) in [6, 6.07) is 10.6. The monoisotopic (exact) mass is 350 g/mol. The topological polar surface area (TPSA) is 47.1 Å². The minimum absolute atomic E-state index is 0.670. The first kappa shape index (κ1) is 16.2. The smallest absolute Gasteiger partial charge is 0.0739 e. The molecule has 0 atom stereocenters. The maximum Gasteiger partial charge on any atom is 0.0739 e. The van der Waals surface area contributed by atoms with E-state index in [-0.39, 0.29) is 0 Å². The Kier molecular flexibility index (Phi) is 5.96. The summed E-state index contributed by atoms with van der Waals surface area (Å²) in [6.07, 6.45) is 1.04. The SMILES string of the molecule is Cc1nn(C)c(CN(CCN)CCc2ccccc2)c1Br. The lowest BCUT2D eigenvalue weighted by Crippen LogP contribution is -2.31. The number of aromatic nitrogens is 2. The number of halogens is 1. The Bertz CT molecular complexity index is 565. The van der Waals surface area contributed by atoms with Crippen LogP contribution in [0.25, 0.3) is 0 Å². The van der Waals surface area contributed by atoms with E-state index in [1.807, 2.05) is 18.7 Å². The van der Waals surface area contributed by atoms with Crippen molar-refractivity contribution in [2.45, 2.75) is 19.9 Å². The first-order valence-electron chi connectivity index (χ1n) is 7.26. The molecule has 0 saturated carbocycles. The lowest BCUT2D eigenvalue weighted by molar-refractivity contribution is 0.268. The summed E-state index contributed by atoms with van der Waals surface area (Å²) in [5.41, 5.74) is 9.35. The molecule has 0 amide bonds. The number of benzene rings is 1. The zero-order valence-corrected chi connectivity index (χ0v) is 14.3. The molecule has 2 N–H and O–H groups in total. The number of nitrogens with two attached hydrogens (primary N) is 1. The van der Waals surface area contributed by atoms with Gasteiger partial charge < -0.3 is 5.73 Å². The zero-order valence-electron chi connectivity index (χ0n) is 12.7. The molecule has 2 aromatic rings. The fourth-order valence-electron chi connectivity index (χ4n) is 2.45. The number of nitrogens with zero attached hydrogens (tertiary/aromatic N) is 3. The van der Waals surface area contributed by atoms with Crippen molar-refractivity contribution in [1.82, 2.24) is 14.7 Å². The van der Waals surface area contributed by atoms with Gasteiger partial charge in [0.15, 0.2) is 0 Å². The van der Waals surface area contributed by atoms with Gasteiger partial charge in [-0.05, 0) is 34.8 Å². The van der Waals surface area contributed by atoms with E-state index in [2.05, 4.69) is 56.3 Å². The molecule has 1 aromatic carbocycles. The van der Waals surface area contributed by atoms with E-state index in [9.17, 15) is 0 Å². The van der Waals surface area contributed by atoms with Gasteiger partial charge in [0.2, 0.25) is 0 Å². The maximum atomic E-state index is 5.76. The molecule has 4 nitrogen and oxygen atoms in total. The fourth-order valence-corrected chi connectivity index (χ4v) is 2.91. The highest BCUT2D eigenvalue weighted by molar-refractivity contribution is 9.10. The van der Waals surface area contributed by atoms with Crippen LogP contribution in [0.2, 0.25) is 0 Å². The highest BCUT2D eigenvalue weighted by Gasteiger charge is 2.14. The molecule has 114 valence electrons. The van der Waals surface area contributed by atoms with Crippen LogP contribution in [-0.4, -0.2) is 34.3 Å². The third kappa shape index (κ3) is 4.40. The first-order chi connectivity index (χ1) is 10.1. The van der Waals surface area contributed by atoms with Crippen molar-refractivity contribution < 1.29 is 0 Å². The van der Waals surface area contributed by atoms with E-state index in [0.29, 0.717) is 6.54 Å². The van der Waals surface area contributed by atoms with Gasteiger partial charge in [-0.15, -0.1) is 0 Å². The molecule has 0 fully saturated rings. The third-order valence-corrected chi connectivity index (χ3v) is 4.67. The number of hydrogen-bond acceptors (Lipinski definition) is 3. The van der Waals surface area contributed by atoms with Crippen LogP contribution in [0.15, 0.2) is 34.8 Å². The van der Waals surface area contributed by atoms with Gasteiger partial charge in [-0.3, -0.25) is 9.58 Å². The van der Waals surface area contributed by atoms with E-state index in [1.165, 1.54) is 11.3 Å². The summed E-state index contributed by atoms with van der Waals surface area (Å²) in [5.74, 6) is 0. The highest BCUT2D eigenvalue weighted by Crippen LogP contribution is 2.21. The van der Waals surface area contributed by atoms with E-state index in [1.54, 1.807) is 0 Å². The summed E-state index contributed by atoms with van der Waals surface area (Å²) in [7, 11) is 1.99. The Balaban J connectivity index is 2.02. The van der Waals surface area contributed by atoms with Gasteiger partial charge in [0.05, 0.1) is 15.9 Å². The van der Waals surface area contributed by atoms with Crippen LogP contribution in [0, 0.1) is 6.92 Å². The lowest BCUT2D eigenvalue weighted by Gasteiger charge is -2.22. The largest absolute Gasteiger partial charge is 0.329 e. The minimum atomic E-state index is 0.670. The highest BCUT2D eigenvalue weighted by atomic mass is 79.9. The molecule has 1 heterocycles. The van der Waals surface area contributed by atoms with Crippen molar-refractivity contribution >= 4 is 15.9 Å². The Morgan fingerprint density at radius 3 is 2.52 bits per heavy atom. The molecular weight excluding hydrogens is 328 g/mol. The van der Waals surface area contributed by atoms with Crippen molar-refractivity contribution in [2.24, 2.45) is 12.8 Å². The van der Waals surface area contributed by atoms with Crippen LogP contribution < -0.4 is 5.73 Å². The molecule has 0 saturated heterocycles. The number of aryl methyl sites for hydroxylation is 2. The van der Waals surface area contributed by atoms with E-state index < -0.39 is 0 Å². The van der Waals surface area contributed by atoms with Crippen LogP contribution in [0.3, 0.4) is 0 Å². The van der Waals surface area contributed by atoms with Crippen LogP contribution in [0.1, 0.15) is 17.0 Å². The van der Waals surface area contributed by atoms with Gasteiger partial charge in [0.1, 0.15) is 0 Å². The molecule has 21 heavy (non-hydrogen) atoms. The van der Waals surface area contributed by atoms with E-state index >= 15 is 0 Å². The van der Waals surface area contributed by atoms with Crippen molar-refractivity contribution in [3.05, 3.63) is 51.8 Å². The summed E-state index contributed by atoms with van der Waals surface area (Å²) in [5, 5.41) is 4.45. The Morgan fingerprint density at radius 1 is 1.24 bits per heavy atom. The predicted octanol–water partition coefficient (Wildman–Crippen LogP) is 2.49. The summed E-state index contributed by atoms with van der Waals surface area (Å²) < 4.78 is 3.05. The molecule has 0 bridgehead atoms. The second-order valence-electron chi connectivity index (χ2n) is 5.27. The van der Waals surface area contributed by atoms with Crippen molar-refractivity contribution in [3.8, 4) is 0 Å². The van der Waals surface area contributed by atoms with Crippen molar-refractivity contribution in [3.63, 3.8) is 0 Å². The average Bonchev–Trinajstić information content (AvgIpc) is 2.72. The molecule has 0 radical (unpaired) electrons. The summed E-state index contributed by atoms with van der Waals surface area (Å²) in [4.78, 5) is 2.38. The fraction of sp³-hybridized carbons (Fsp3) is 0.438. The van der Waals surface area contributed by atoms with Crippen LogP contribution in [-0.2, 0) is 20.0 Å². The lowest BCUT2D eigenvalue weighted by atomic mass is 10.1. The molecule has 0 unspecified atom stereocenters. The standard InChI is InChI=1S/C16H23BrN4/c1-13-16(17)15(20(2)19-13)12-21(11-9-18)10-8-14-6-4-3-5-7-14/h3-7H,8-12,18H2,1-2H3. The molecule has 0 aliphatic carbocycles. The molecule has 0 spiro atoms. The quantitative estimate of drug-likeness (QED) is 0.834. The predicted molar refractivity (Wildman–Crippen MR) is 90.1 cm³/mol. The normalized spacial score (nSPS) is 11.3. The van der Waals surface area contributed by atoms with Crippen LogP contribution in [0.4, 0.5) is 0 Å². The minimum Gasteiger partial charge on any atom is -0.329 e. The van der Waals surface area contributed by atoms with Gasteiger partial charge in [-0.1, -0.05) is 30.3 Å². The van der Waals surface area contributed by atoms with Crippen LogP contribution in [0.5, 0.6) is 0 Å². The zero-order chi connectivity index (χ0) is 15.2. The van der Waals surface area contributed by atoms with Gasteiger partial charge in [0, 0.05) is 33.2 Å². The third-order valence-electron chi connectivity index (χ3n) is 3.64. The summed E-state index contributed by atoms with van der Waals surface area (Å²) in [6.45, 7) is 5.44. The maximum absolute atomic E-state index is 5.76. The van der Waals surface area contributed by atoms with Gasteiger partial charge in [-0.25, -0.2) is 0 Å². The van der Waals surface area contributed by atoms with Gasteiger partial charge >= 0.3 is 0 Å². The van der Waals surface area contributed by atoms with Crippen molar-refractivity contribution in [2.75, 3.05) is 19.6 Å². The number of hydrogen-bond donors (Lipinski definition) is 1. The number of rotatable bonds is 7.